The van der Waals surface area contributed by atoms with Crippen LogP contribution in [0.15, 0.2) is 53.4 Å². The van der Waals surface area contributed by atoms with Gasteiger partial charge < -0.3 is 4.74 Å². The Bertz CT molecular complexity index is 1040. The van der Waals surface area contributed by atoms with Crippen molar-refractivity contribution in [1.29, 1.82) is 5.26 Å². The minimum Gasteiger partial charge on any atom is -0.497 e. The normalized spacial score (nSPS) is 23.2. The third kappa shape index (κ3) is 4.20. The van der Waals surface area contributed by atoms with Gasteiger partial charge in [-0.2, -0.15) is 9.57 Å². The molecular weight excluding hydrogens is 400 g/mol. The summed E-state index contributed by atoms with van der Waals surface area (Å²) < 4.78 is 32.8. The van der Waals surface area contributed by atoms with Crippen LogP contribution in [-0.2, 0) is 10.0 Å². The molecule has 2 aromatic carbocycles. The number of rotatable bonds is 5. The molecule has 0 radical (unpaired) electrons. The maximum Gasteiger partial charge on any atom is 0.243 e. The molecule has 8 heteroatoms. The van der Waals surface area contributed by atoms with Crippen LogP contribution >= 0.6 is 0 Å². The molecule has 2 aromatic rings. The Hall–Kier alpha value is -2.44. The lowest BCUT2D eigenvalue weighted by atomic mass is 9.87. The summed E-state index contributed by atoms with van der Waals surface area (Å²) in [5, 5.41) is 9.05. The van der Waals surface area contributed by atoms with Gasteiger partial charge in [-0.3, -0.25) is 10.9 Å². The second-order valence-corrected chi connectivity index (χ2v) is 9.78. The zero-order chi connectivity index (χ0) is 21.1. The van der Waals surface area contributed by atoms with Gasteiger partial charge in [0.15, 0.2) is 0 Å². The minimum atomic E-state index is -3.57. The molecule has 2 aliphatic heterocycles. The summed E-state index contributed by atoms with van der Waals surface area (Å²) in [5.74, 6) is 1.25. The molecule has 0 saturated carbocycles. The number of hydrogen-bond acceptors (Lipinski definition) is 6. The van der Waals surface area contributed by atoms with Crippen LogP contribution < -0.4 is 15.6 Å². The average Bonchev–Trinajstić information content (AvgIpc) is 3.29. The number of nitriles is 1. The molecule has 2 aliphatic rings. The van der Waals surface area contributed by atoms with E-state index in [1.165, 1.54) is 11.6 Å². The van der Waals surface area contributed by atoms with Crippen molar-refractivity contribution in [3.63, 3.8) is 0 Å². The Kier molecular flexibility index (Phi) is 6.06. The highest BCUT2D eigenvalue weighted by Crippen LogP contribution is 2.33. The summed E-state index contributed by atoms with van der Waals surface area (Å²) in [6, 6.07) is 16.8. The highest BCUT2D eigenvalue weighted by molar-refractivity contribution is 7.89. The van der Waals surface area contributed by atoms with Crippen LogP contribution in [0.25, 0.3) is 0 Å². The molecule has 0 spiro atoms. The van der Waals surface area contributed by atoms with Gasteiger partial charge in [0.2, 0.25) is 10.0 Å². The predicted molar refractivity (Wildman–Crippen MR) is 113 cm³/mol. The van der Waals surface area contributed by atoms with Crippen LogP contribution in [0, 0.1) is 17.2 Å². The molecule has 0 bridgehead atoms. The molecule has 2 saturated heterocycles. The van der Waals surface area contributed by atoms with E-state index in [-0.39, 0.29) is 10.9 Å². The average molecular weight is 427 g/mol. The summed E-state index contributed by atoms with van der Waals surface area (Å²) in [6.07, 6.45) is 2.57. The van der Waals surface area contributed by atoms with Crippen molar-refractivity contribution in [3.8, 4) is 11.8 Å². The van der Waals surface area contributed by atoms with E-state index in [4.69, 9.17) is 10.00 Å². The van der Waals surface area contributed by atoms with E-state index < -0.39 is 10.0 Å². The molecule has 0 aliphatic carbocycles. The van der Waals surface area contributed by atoms with Crippen LogP contribution in [0.1, 0.15) is 36.4 Å². The molecule has 2 N–H and O–H groups in total. The van der Waals surface area contributed by atoms with Gasteiger partial charge in [-0.15, -0.1) is 0 Å². The first-order chi connectivity index (χ1) is 14.5. The quantitative estimate of drug-likeness (QED) is 0.763. The Balaban J connectivity index is 1.37. The number of piperidine rings is 1. The number of hydrogen-bond donors (Lipinski definition) is 2. The largest absolute Gasteiger partial charge is 0.497 e. The van der Waals surface area contributed by atoms with Crippen molar-refractivity contribution < 1.29 is 13.2 Å². The van der Waals surface area contributed by atoms with E-state index in [1.807, 2.05) is 24.3 Å². The summed E-state index contributed by atoms with van der Waals surface area (Å²) >= 11 is 0. The molecule has 0 aromatic heterocycles. The number of ether oxygens (including phenoxy) is 1. The number of methoxy groups -OCH3 is 1. The lowest BCUT2D eigenvalue weighted by Crippen LogP contribution is -2.44. The summed E-state index contributed by atoms with van der Waals surface area (Å²) in [6.45, 7) is 0.984. The van der Waals surface area contributed by atoms with E-state index in [0.29, 0.717) is 30.6 Å². The second kappa shape index (κ2) is 8.74. The van der Waals surface area contributed by atoms with Crippen LogP contribution in [0.3, 0.4) is 0 Å². The van der Waals surface area contributed by atoms with Gasteiger partial charge >= 0.3 is 0 Å². The molecule has 30 heavy (non-hydrogen) atoms. The number of hydrazine groups is 1. The molecule has 7 nitrogen and oxygen atoms in total. The van der Waals surface area contributed by atoms with Crippen LogP contribution in [0.2, 0.25) is 0 Å². The Morgan fingerprint density at radius 3 is 2.60 bits per heavy atom. The lowest BCUT2D eigenvalue weighted by Gasteiger charge is -2.34. The first kappa shape index (κ1) is 20.8. The number of sulfonamides is 1. The molecule has 0 amide bonds. The third-order valence-corrected chi connectivity index (χ3v) is 7.99. The minimum absolute atomic E-state index is 0.193. The van der Waals surface area contributed by atoms with Gasteiger partial charge in [0.05, 0.1) is 23.6 Å². The lowest BCUT2D eigenvalue weighted by molar-refractivity contribution is 0.230. The fourth-order valence-electron chi connectivity index (χ4n) is 4.36. The van der Waals surface area contributed by atoms with Gasteiger partial charge in [-0.05, 0) is 61.1 Å². The molecule has 4 rings (SSSR count). The Morgan fingerprint density at radius 2 is 1.87 bits per heavy atom. The van der Waals surface area contributed by atoms with E-state index in [2.05, 4.69) is 16.9 Å². The highest BCUT2D eigenvalue weighted by Gasteiger charge is 2.36. The standard InChI is InChI=1S/C22H26N4O3S/c1-29-19-6-3-5-18(13-19)22-14-21(24-25-22)17-8-10-26(11-9-17)30(27,28)20-7-2-4-16(12-20)15-23/h2-7,12-13,17,21-22,24-25H,8-11,14H2,1H3. The zero-order valence-electron chi connectivity index (χ0n) is 16.9. The van der Waals surface area contributed by atoms with Crippen molar-refractivity contribution in [2.24, 2.45) is 5.92 Å². The fraction of sp³-hybridized carbons (Fsp3) is 0.409. The van der Waals surface area contributed by atoms with Crippen LogP contribution in [0.4, 0.5) is 0 Å². The van der Waals surface area contributed by atoms with E-state index >= 15 is 0 Å². The number of benzene rings is 2. The number of nitrogens with zero attached hydrogens (tertiary/aromatic N) is 2. The van der Waals surface area contributed by atoms with Gasteiger partial charge in [0.1, 0.15) is 5.75 Å². The molecule has 158 valence electrons. The number of nitrogens with one attached hydrogen (secondary N) is 2. The maximum atomic E-state index is 13.0. The Morgan fingerprint density at radius 1 is 1.10 bits per heavy atom. The van der Waals surface area contributed by atoms with Crippen molar-refractivity contribution in [2.75, 3.05) is 20.2 Å². The van der Waals surface area contributed by atoms with Crippen molar-refractivity contribution in [3.05, 3.63) is 59.7 Å². The molecular formula is C22H26N4O3S. The topological polar surface area (TPSA) is 94.5 Å². The summed E-state index contributed by atoms with van der Waals surface area (Å²) in [7, 11) is -1.90. The van der Waals surface area contributed by atoms with E-state index in [9.17, 15) is 8.42 Å². The van der Waals surface area contributed by atoms with Crippen LogP contribution in [0.5, 0.6) is 5.75 Å². The fourth-order valence-corrected chi connectivity index (χ4v) is 5.88. The molecule has 2 atom stereocenters. The van der Waals surface area contributed by atoms with Crippen LogP contribution in [-0.4, -0.2) is 39.0 Å². The summed E-state index contributed by atoms with van der Waals surface area (Å²) in [4.78, 5) is 0.193. The second-order valence-electron chi connectivity index (χ2n) is 7.84. The van der Waals surface area contributed by atoms with Crippen molar-refractivity contribution in [1.82, 2.24) is 15.2 Å². The van der Waals surface area contributed by atoms with Crippen molar-refractivity contribution in [2.45, 2.75) is 36.2 Å². The smallest absolute Gasteiger partial charge is 0.243 e. The third-order valence-electron chi connectivity index (χ3n) is 6.10. The molecule has 2 heterocycles. The molecule has 2 unspecified atom stereocenters. The van der Waals surface area contributed by atoms with Gasteiger partial charge in [0.25, 0.3) is 0 Å². The van der Waals surface area contributed by atoms with Crippen molar-refractivity contribution >= 4 is 10.0 Å². The van der Waals surface area contributed by atoms with Gasteiger partial charge in [-0.1, -0.05) is 18.2 Å². The maximum absolute atomic E-state index is 13.0. The zero-order valence-corrected chi connectivity index (χ0v) is 17.7. The van der Waals surface area contributed by atoms with E-state index in [1.54, 1.807) is 29.6 Å². The van der Waals surface area contributed by atoms with Gasteiger partial charge in [-0.25, -0.2) is 8.42 Å². The first-order valence-corrected chi connectivity index (χ1v) is 11.6. The summed E-state index contributed by atoms with van der Waals surface area (Å²) in [5.41, 5.74) is 8.34. The Labute approximate surface area is 177 Å². The SMILES string of the molecule is COc1cccc(C2CC(C3CCN(S(=O)(=O)c4cccc(C#N)c4)CC3)NN2)c1. The van der Waals surface area contributed by atoms with Gasteiger partial charge in [0, 0.05) is 25.2 Å². The first-order valence-electron chi connectivity index (χ1n) is 10.2. The highest BCUT2D eigenvalue weighted by atomic mass is 32.2. The molecule has 2 fully saturated rings. The van der Waals surface area contributed by atoms with E-state index in [0.717, 1.165) is 25.0 Å². The predicted octanol–water partition coefficient (Wildman–Crippen LogP) is 2.58. The monoisotopic (exact) mass is 426 g/mol.